The molecule has 0 unspecified atom stereocenters. The van der Waals surface area contributed by atoms with Crippen molar-refractivity contribution in [2.75, 3.05) is 0 Å². The Morgan fingerprint density at radius 1 is 0.135 bits per heavy atom. The second kappa shape index (κ2) is 15.9. The van der Waals surface area contributed by atoms with Crippen LogP contribution in [-0.4, -0.2) is 0 Å². The van der Waals surface area contributed by atoms with Crippen molar-refractivity contribution >= 4 is 118 Å². The van der Waals surface area contributed by atoms with E-state index in [0.29, 0.717) is 0 Å². The van der Waals surface area contributed by atoms with Gasteiger partial charge < -0.3 is 0 Å². The number of fused-ring (bicyclic) bond motifs is 17. The SMILES string of the molecule is c1ccc2cc(-c3c4ccccc4c(-c4ccc5c6ccccc6c6c7cc(-c8c9ccccc9c(-c9ccc%10ccccc%10c9)c9ccccc89)ccc7c7ccccc7c6c5c4)c4ccccc34)ccc2c1. The van der Waals surface area contributed by atoms with Crippen molar-refractivity contribution < 1.29 is 0 Å². The van der Waals surface area contributed by atoms with Crippen molar-refractivity contribution in [3.05, 3.63) is 267 Å². The molecule has 0 amide bonds. The molecule has 0 bridgehead atoms. The molecule has 16 aromatic carbocycles. The lowest BCUT2D eigenvalue weighted by atomic mass is 9.82. The molecule has 16 aromatic rings. The predicted molar refractivity (Wildman–Crippen MR) is 321 cm³/mol. The standard InChI is InChI=1S/C74H44/c1-3-19-47-41-49(35-33-45(47)17-1)69-59-25-9-13-29-63(59)71(64-30-14-10-26-60(64)69)51-37-39-55-53-21-5-8-24-58(53)74-68-44-52(38-40-56(68)54-22-6-7-23-57(54)73(74)67(55)43-51)72-65-31-15-11-27-61(65)70(62-28-12-16-32-66(62)72)50-36-34-46-18-2-4-20-48(46)42-50/h1-44H. The summed E-state index contributed by atoms with van der Waals surface area (Å²) < 4.78 is 0. The van der Waals surface area contributed by atoms with E-state index in [9.17, 15) is 0 Å². The molecule has 0 saturated carbocycles. The molecule has 0 aliphatic rings. The molecule has 0 radical (unpaired) electrons. The Labute approximate surface area is 427 Å². The van der Waals surface area contributed by atoms with Crippen LogP contribution in [-0.2, 0) is 0 Å². The van der Waals surface area contributed by atoms with Crippen LogP contribution in [0.3, 0.4) is 0 Å². The number of hydrogen-bond donors (Lipinski definition) is 0. The van der Waals surface area contributed by atoms with Gasteiger partial charge in [0.25, 0.3) is 0 Å². The normalized spacial score (nSPS) is 12.1. The lowest BCUT2D eigenvalue weighted by Crippen LogP contribution is -1.93. The van der Waals surface area contributed by atoms with Gasteiger partial charge in [-0.3, -0.25) is 0 Å². The molecule has 0 N–H and O–H groups in total. The first-order valence-corrected chi connectivity index (χ1v) is 25.8. The molecule has 0 nitrogen and oxygen atoms in total. The molecule has 340 valence electrons. The van der Waals surface area contributed by atoms with Crippen LogP contribution in [0.25, 0.3) is 163 Å². The zero-order valence-electron chi connectivity index (χ0n) is 40.4. The summed E-state index contributed by atoms with van der Waals surface area (Å²) in [5.74, 6) is 0. The Morgan fingerprint density at radius 3 is 0.689 bits per heavy atom. The number of benzene rings is 16. The fraction of sp³-hybridized carbons (Fsp3) is 0. The topological polar surface area (TPSA) is 0 Å². The molecule has 0 aromatic heterocycles. The minimum absolute atomic E-state index is 1.22. The molecule has 0 heterocycles. The van der Waals surface area contributed by atoms with E-state index in [-0.39, 0.29) is 0 Å². The van der Waals surface area contributed by atoms with E-state index in [0.717, 1.165) is 0 Å². The van der Waals surface area contributed by atoms with Crippen LogP contribution in [0.2, 0.25) is 0 Å². The zero-order valence-corrected chi connectivity index (χ0v) is 40.4. The highest BCUT2D eigenvalue weighted by Crippen LogP contribution is 2.50. The average Bonchev–Trinajstić information content (AvgIpc) is 3.54. The third-order valence-corrected chi connectivity index (χ3v) is 16.3. The second-order valence-electron chi connectivity index (χ2n) is 20.2. The maximum Gasteiger partial charge on any atom is -0.00137 e. The molecular weight excluding hydrogens is 889 g/mol. The molecule has 74 heavy (non-hydrogen) atoms. The van der Waals surface area contributed by atoms with E-state index in [2.05, 4.69) is 267 Å². The highest BCUT2D eigenvalue weighted by atomic mass is 14.3. The minimum atomic E-state index is 1.22. The van der Waals surface area contributed by atoms with Crippen LogP contribution in [0.4, 0.5) is 0 Å². The van der Waals surface area contributed by atoms with E-state index < -0.39 is 0 Å². The van der Waals surface area contributed by atoms with Gasteiger partial charge in [-0.05, 0) is 187 Å². The third-order valence-electron chi connectivity index (χ3n) is 16.3. The van der Waals surface area contributed by atoms with Crippen molar-refractivity contribution in [2.45, 2.75) is 0 Å². The van der Waals surface area contributed by atoms with Gasteiger partial charge in [0.05, 0.1) is 0 Å². The zero-order chi connectivity index (χ0) is 48.4. The first-order valence-electron chi connectivity index (χ1n) is 25.8. The highest BCUT2D eigenvalue weighted by Gasteiger charge is 2.22. The van der Waals surface area contributed by atoms with Gasteiger partial charge >= 0.3 is 0 Å². The first-order chi connectivity index (χ1) is 36.7. The molecule has 0 aliphatic carbocycles. The van der Waals surface area contributed by atoms with Gasteiger partial charge in [0.15, 0.2) is 0 Å². The summed E-state index contributed by atoms with van der Waals surface area (Å²) in [6.45, 7) is 0. The molecule has 16 rings (SSSR count). The fourth-order valence-electron chi connectivity index (χ4n) is 13.2. The summed E-state index contributed by atoms with van der Waals surface area (Å²) in [6.07, 6.45) is 0. The van der Waals surface area contributed by atoms with Crippen molar-refractivity contribution in [1.82, 2.24) is 0 Å². The molecular formula is C74H44. The smallest absolute Gasteiger partial charge is 0.00137 e. The maximum absolute atomic E-state index is 2.52. The molecule has 0 fully saturated rings. The van der Waals surface area contributed by atoms with Crippen molar-refractivity contribution in [2.24, 2.45) is 0 Å². The van der Waals surface area contributed by atoms with Crippen LogP contribution >= 0.6 is 0 Å². The number of hydrogen-bond acceptors (Lipinski definition) is 0. The maximum atomic E-state index is 2.52. The molecule has 0 saturated heterocycles. The summed E-state index contributed by atoms with van der Waals surface area (Å²) >= 11 is 0. The lowest BCUT2D eigenvalue weighted by molar-refractivity contribution is 1.68. The summed E-state index contributed by atoms with van der Waals surface area (Å²) in [5, 5.41) is 27.8. The van der Waals surface area contributed by atoms with E-state index in [1.54, 1.807) is 0 Å². The van der Waals surface area contributed by atoms with E-state index in [1.807, 2.05) is 0 Å². The van der Waals surface area contributed by atoms with Gasteiger partial charge in [-0.25, -0.2) is 0 Å². The summed E-state index contributed by atoms with van der Waals surface area (Å²) in [7, 11) is 0. The van der Waals surface area contributed by atoms with E-state index >= 15 is 0 Å². The van der Waals surface area contributed by atoms with Crippen molar-refractivity contribution in [1.29, 1.82) is 0 Å². The minimum Gasteiger partial charge on any atom is -0.0616 e. The van der Waals surface area contributed by atoms with Gasteiger partial charge in [0.2, 0.25) is 0 Å². The van der Waals surface area contributed by atoms with Gasteiger partial charge in [-0.1, -0.05) is 243 Å². The third kappa shape index (κ3) is 5.97. The Morgan fingerprint density at radius 2 is 0.365 bits per heavy atom. The van der Waals surface area contributed by atoms with Crippen LogP contribution < -0.4 is 0 Å². The van der Waals surface area contributed by atoms with Crippen LogP contribution in [0.5, 0.6) is 0 Å². The Bertz CT molecular complexity index is 4640. The predicted octanol–water partition coefficient (Wildman–Crippen LogP) is 21.0. The largest absolute Gasteiger partial charge is 0.0616 e. The van der Waals surface area contributed by atoms with Gasteiger partial charge in [0.1, 0.15) is 0 Å². The molecule has 0 heteroatoms. The Kier molecular flexibility index (Phi) is 8.84. The Hall–Kier alpha value is -9.62. The van der Waals surface area contributed by atoms with Crippen LogP contribution in [0.15, 0.2) is 267 Å². The summed E-state index contributed by atoms with van der Waals surface area (Å²) in [4.78, 5) is 0. The van der Waals surface area contributed by atoms with Crippen molar-refractivity contribution in [3.8, 4) is 44.5 Å². The molecule has 0 aliphatic heterocycles. The second-order valence-corrected chi connectivity index (χ2v) is 20.2. The fourth-order valence-corrected chi connectivity index (χ4v) is 13.2. The molecule has 0 spiro atoms. The van der Waals surface area contributed by atoms with E-state index in [4.69, 9.17) is 0 Å². The van der Waals surface area contributed by atoms with Gasteiger partial charge in [-0.15, -0.1) is 0 Å². The average molecular weight is 933 g/mol. The molecule has 0 atom stereocenters. The highest BCUT2D eigenvalue weighted by molar-refractivity contribution is 6.40. The van der Waals surface area contributed by atoms with Crippen LogP contribution in [0, 0.1) is 0 Å². The van der Waals surface area contributed by atoms with Gasteiger partial charge in [-0.2, -0.15) is 0 Å². The first kappa shape index (κ1) is 41.0. The Balaban J connectivity index is 0.993. The monoisotopic (exact) mass is 932 g/mol. The van der Waals surface area contributed by atoms with E-state index in [1.165, 1.54) is 163 Å². The van der Waals surface area contributed by atoms with Gasteiger partial charge in [0, 0.05) is 0 Å². The quantitative estimate of drug-likeness (QED) is 0.122. The summed E-state index contributed by atoms with van der Waals surface area (Å²) in [6, 6.07) is 100. The van der Waals surface area contributed by atoms with Crippen molar-refractivity contribution in [3.63, 3.8) is 0 Å². The summed E-state index contributed by atoms with van der Waals surface area (Å²) in [5.41, 5.74) is 9.99. The lowest BCUT2D eigenvalue weighted by Gasteiger charge is -2.21. The number of rotatable bonds is 4. The van der Waals surface area contributed by atoms with Crippen LogP contribution in [0.1, 0.15) is 0 Å².